The topological polar surface area (TPSA) is 59.8 Å². The van der Waals surface area contributed by atoms with Gasteiger partial charge in [0, 0.05) is 18.7 Å². The van der Waals surface area contributed by atoms with Crippen molar-refractivity contribution in [1.29, 1.82) is 0 Å². The smallest absolute Gasteiger partial charge is 0.237 e. The van der Waals surface area contributed by atoms with E-state index in [1.807, 2.05) is 55.5 Å². The molecule has 2 aromatic carbocycles. The third kappa shape index (κ3) is 4.52. The van der Waals surface area contributed by atoms with E-state index in [1.54, 1.807) is 0 Å². The predicted molar refractivity (Wildman–Crippen MR) is 105 cm³/mol. The van der Waals surface area contributed by atoms with Crippen LogP contribution >= 0.6 is 11.8 Å². The second-order valence-corrected chi connectivity index (χ2v) is 7.23. The van der Waals surface area contributed by atoms with Crippen LogP contribution in [0.3, 0.4) is 0 Å². The van der Waals surface area contributed by atoms with Crippen molar-refractivity contribution >= 4 is 23.4 Å². The minimum atomic E-state index is -0.269. The van der Waals surface area contributed by atoms with Gasteiger partial charge in [0.1, 0.15) is 5.82 Å². The molecule has 5 nitrogen and oxygen atoms in total. The molecule has 0 saturated heterocycles. The number of amides is 1. The Bertz CT molecular complexity index is 849. The van der Waals surface area contributed by atoms with Crippen molar-refractivity contribution in [3.05, 3.63) is 72.1 Å². The lowest BCUT2D eigenvalue weighted by Gasteiger charge is -2.12. The number of nitrogens with zero attached hydrogens (tertiary/aromatic N) is 3. The van der Waals surface area contributed by atoms with E-state index in [2.05, 4.69) is 39.1 Å². The molecule has 3 aromatic rings. The Morgan fingerprint density at radius 2 is 1.73 bits per heavy atom. The first-order chi connectivity index (χ1) is 12.7. The Morgan fingerprint density at radius 3 is 2.38 bits per heavy atom. The Hall–Kier alpha value is -2.60. The molecule has 1 atom stereocenters. The molecule has 0 bridgehead atoms. The highest BCUT2D eigenvalue weighted by Crippen LogP contribution is 2.24. The number of para-hydroxylation sites is 1. The van der Waals surface area contributed by atoms with Gasteiger partial charge in [-0.2, -0.15) is 0 Å². The Labute approximate surface area is 157 Å². The van der Waals surface area contributed by atoms with Crippen LogP contribution in [0.2, 0.25) is 0 Å². The summed E-state index contributed by atoms with van der Waals surface area (Å²) < 4.78 is 2.07. The maximum Gasteiger partial charge on any atom is 0.237 e. The van der Waals surface area contributed by atoms with Gasteiger partial charge in [0.15, 0.2) is 5.16 Å². The van der Waals surface area contributed by atoms with Crippen LogP contribution in [0.15, 0.2) is 65.8 Å². The van der Waals surface area contributed by atoms with E-state index in [1.165, 1.54) is 17.3 Å². The van der Waals surface area contributed by atoms with Gasteiger partial charge in [-0.1, -0.05) is 60.3 Å². The third-order valence-corrected chi connectivity index (χ3v) is 5.09. The van der Waals surface area contributed by atoms with Crippen LogP contribution in [0, 0.1) is 0 Å². The van der Waals surface area contributed by atoms with Gasteiger partial charge in [0.2, 0.25) is 5.91 Å². The van der Waals surface area contributed by atoms with Gasteiger partial charge in [-0.3, -0.25) is 4.79 Å². The fourth-order valence-electron chi connectivity index (χ4n) is 2.61. The number of nitrogens with one attached hydrogen (secondary N) is 1. The number of thioether (sulfide) groups is 1. The lowest BCUT2D eigenvalue weighted by atomic mass is 10.1. The van der Waals surface area contributed by atoms with Crippen molar-refractivity contribution in [2.24, 2.45) is 0 Å². The van der Waals surface area contributed by atoms with E-state index in [0.717, 1.165) is 29.6 Å². The first-order valence-electron chi connectivity index (χ1n) is 8.66. The average molecular weight is 366 g/mol. The molecule has 0 aliphatic carbocycles. The molecule has 3 rings (SSSR count). The standard InChI is InChI=1S/C20H22N4OS/c1-3-24-18(14-16-10-6-4-7-11-16)22-23-20(24)26-15(2)19(25)21-17-12-8-5-9-13-17/h4-13,15H,3,14H2,1-2H3,(H,21,25)/t15-/m0/s1. The molecule has 134 valence electrons. The Kier molecular flexibility index (Phi) is 6.07. The summed E-state index contributed by atoms with van der Waals surface area (Å²) in [6, 6.07) is 19.7. The molecule has 26 heavy (non-hydrogen) atoms. The number of carbonyl (C=O) groups excluding carboxylic acids is 1. The van der Waals surface area contributed by atoms with E-state index in [-0.39, 0.29) is 11.2 Å². The number of hydrogen-bond acceptors (Lipinski definition) is 4. The summed E-state index contributed by atoms with van der Waals surface area (Å²) in [5.41, 5.74) is 1.99. The maximum atomic E-state index is 12.4. The number of hydrogen-bond donors (Lipinski definition) is 1. The first kappa shape index (κ1) is 18.2. The highest BCUT2D eigenvalue weighted by Gasteiger charge is 2.19. The molecule has 0 aliphatic heterocycles. The van der Waals surface area contributed by atoms with E-state index >= 15 is 0 Å². The summed E-state index contributed by atoms with van der Waals surface area (Å²) in [7, 11) is 0. The predicted octanol–water partition coefficient (Wildman–Crippen LogP) is 4.01. The molecule has 6 heteroatoms. The van der Waals surface area contributed by atoms with E-state index in [9.17, 15) is 4.79 Å². The molecule has 0 saturated carbocycles. The first-order valence-corrected chi connectivity index (χ1v) is 9.54. The Balaban J connectivity index is 1.68. The van der Waals surface area contributed by atoms with E-state index in [0.29, 0.717) is 0 Å². The minimum Gasteiger partial charge on any atom is -0.325 e. The van der Waals surface area contributed by atoms with Crippen LogP contribution < -0.4 is 5.32 Å². The van der Waals surface area contributed by atoms with Crippen LogP contribution in [-0.4, -0.2) is 25.9 Å². The SMILES string of the molecule is CCn1c(Cc2ccccc2)nnc1S[C@@H](C)C(=O)Nc1ccccc1. The number of benzene rings is 2. The Morgan fingerprint density at radius 1 is 1.08 bits per heavy atom. The van der Waals surface area contributed by atoms with Crippen LogP contribution in [-0.2, 0) is 17.8 Å². The maximum absolute atomic E-state index is 12.4. The molecule has 0 aliphatic rings. The number of carbonyl (C=O) groups is 1. The van der Waals surface area contributed by atoms with Crippen molar-refractivity contribution in [2.45, 2.75) is 37.2 Å². The normalized spacial score (nSPS) is 11.9. The quantitative estimate of drug-likeness (QED) is 0.642. The second kappa shape index (κ2) is 8.67. The van der Waals surface area contributed by atoms with Crippen molar-refractivity contribution in [2.75, 3.05) is 5.32 Å². The summed E-state index contributed by atoms with van der Waals surface area (Å²) in [5, 5.41) is 12.1. The molecule has 1 N–H and O–H groups in total. The minimum absolute atomic E-state index is 0.0449. The molecule has 0 radical (unpaired) electrons. The summed E-state index contributed by atoms with van der Waals surface area (Å²) in [5.74, 6) is 0.869. The van der Waals surface area contributed by atoms with Crippen molar-refractivity contribution in [1.82, 2.24) is 14.8 Å². The summed E-state index contributed by atoms with van der Waals surface area (Å²) in [6.45, 7) is 4.72. The van der Waals surface area contributed by atoms with Gasteiger partial charge in [0.25, 0.3) is 0 Å². The molecular formula is C20H22N4OS. The molecule has 0 unspecified atom stereocenters. The largest absolute Gasteiger partial charge is 0.325 e. The van der Waals surface area contributed by atoms with E-state index in [4.69, 9.17) is 0 Å². The zero-order valence-corrected chi connectivity index (χ0v) is 15.7. The van der Waals surface area contributed by atoms with Gasteiger partial charge in [-0.15, -0.1) is 10.2 Å². The molecule has 1 heterocycles. The fourth-order valence-corrected chi connectivity index (χ4v) is 3.54. The van der Waals surface area contributed by atoms with Crippen LogP contribution in [0.25, 0.3) is 0 Å². The van der Waals surface area contributed by atoms with Gasteiger partial charge in [0.05, 0.1) is 5.25 Å². The molecule has 0 fully saturated rings. The highest BCUT2D eigenvalue weighted by molar-refractivity contribution is 8.00. The number of aromatic nitrogens is 3. The highest BCUT2D eigenvalue weighted by atomic mass is 32.2. The monoisotopic (exact) mass is 366 g/mol. The zero-order chi connectivity index (χ0) is 18.4. The summed E-state index contributed by atoms with van der Waals surface area (Å²) >= 11 is 1.43. The van der Waals surface area contributed by atoms with Crippen LogP contribution in [0.4, 0.5) is 5.69 Å². The molecule has 1 amide bonds. The zero-order valence-electron chi connectivity index (χ0n) is 14.9. The van der Waals surface area contributed by atoms with Crippen molar-refractivity contribution in [3.63, 3.8) is 0 Å². The van der Waals surface area contributed by atoms with Crippen molar-refractivity contribution in [3.8, 4) is 0 Å². The summed E-state index contributed by atoms with van der Waals surface area (Å²) in [4.78, 5) is 12.4. The van der Waals surface area contributed by atoms with Crippen molar-refractivity contribution < 1.29 is 4.79 Å². The molecule has 1 aromatic heterocycles. The van der Waals surface area contributed by atoms with Gasteiger partial charge in [-0.05, 0) is 31.5 Å². The van der Waals surface area contributed by atoms with Gasteiger partial charge in [-0.25, -0.2) is 0 Å². The van der Waals surface area contributed by atoms with Crippen LogP contribution in [0.1, 0.15) is 25.2 Å². The number of anilines is 1. The van der Waals surface area contributed by atoms with Gasteiger partial charge < -0.3 is 9.88 Å². The van der Waals surface area contributed by atoms with Gasteiger partial charge >= 0.3 is 0 Å². The molecular weight excluding hydrogens is 344 g/mol. The second-order valence-electron chi connectivity index (χ2n) is 5.92. The lowest BCUT2D eigenvalue weighted by Crippen LogP contribution is -2.23. The average Bonchev–Trinajstić information content (AvgIpc) is 3.04. The fraction of sp³-hybridized carbons (Fsp3) is 0.250. The number of rotatable bonds is 7. The lowest BCUT2D eigenvalue weighted by molar-refractivity contribution is -0.115. The van der Waals surface area contributed by atoms with Crippen LogP contribution in [0.5, 0.6) is 0 Å². The summed E-state index contributed by atoms with van der Waals surface area (Å²) in [6.07, 6.45) is 0.729. The van der Waals surface area contributed by atoms with E-state index < -0.39 is 0 Å². The molecule has 0 spiro atoms. The third-order valence-electron chi connectivity index (χ3n) is 4.01.